The third kappa shape index (κ3) is 3.86. The summed E-state index contributed by atoms with van der Waals surface area (Å²) in [6, 6.07) is 3.19. The molecule has 0 aliphatic heterocycles. The van der Waals surface area contributed by atoms with Crippen LogP contribution in [0.2, 0.25) is 0 Å². The topological polar surface area (TPSA) is 66.4 Å². The quantitative estimate of drug-likeness (QED) is 0.830. The van der Waals surface area contributed by atoms with Crippen LogP contribution < -0.4 is 5.32 Å². The lowest BCUT2D eigenvalue weighted by atomic mass is 10.1. The zero-order valence-corrected chi connectivity index (χ0v) is 9.50. The molecule has 2 N–H and O–H groups in total. The third-order valence-electron chi connectivity index (χ3n) is 2.24. The maximum atomic E-state index is 13.0. The Kier molecular flexibility index (Phi) is 4.63. The van der Waals surface area contributed by atoms with Crippen molar-refractivity contribution in [2.75, 3.05) is 5.32 Å². The molecule has 17 heavy (non-hydrogen) atoms. The lowest BCUT2D eigenvalue weighted by Gasteiger charge is -2.08. The van der Waals surface area contributed by atoms with Crippen LogP contribution in [0.4, 0.5) is 10.1 Å². The minimum Gasteiger partial charge on any atom is -0.478 e. The van der Waals surface area contributed by atoms with E-state index in [2.05, 4.69) is 5.32 Å². The summed E-state index contributed by atoms with van der Waals surface area (Å²) in [6.45, 7) is 1.94. The number of carbonyl (C=O) groups excluding carboxylic acids is 1. The molecule has 4 nitrogen and oxygen atoms in total. The van der Waals surface area contributed by atoms with Gasteiger partial charge in [0.1, 0.15) is 5.82 Å². The highest BCUT2D eigenvalue weighted by molar-refractivity contribution is 6.00. The van der Waals surface area contributed by atoms with E-state index in [1.807, 2.05) is 6.92 Å². The van der Waals surface area contributed by atoms with Gasteiger partial charge in [0.25, 0.3) is 0 Å². The molecule has 1 amide bonds. The van der Waals surface area contributed by atoms with Gasteiger partial charge in [-0.15, -0.1) is 0 Å². The number of carboxylic acid groups (broad SMARTS) is 1. The zero-order chi connectivity index (χ0) is 12.8. The number of carbonyl (C=O) groups is 2. The van der Waals surface area contributed by atoms with Crippen LogP contribution in [-0.2, 0) is 4.79 Å². The number of anilines is 1. The fourth-order valence-electron chi connectivity index (χ4n) is 1.36. The van der Waals surface area contributed by atoms with Gasteiger partial charge < -0.3 is 10.4 Å². The van der Waals surface area contributed by atoms with Crippen molar-refractivity contribution in [1.29, 1.82) is 0 Å². The van der Waals surface area contributed by atoms with Gasteiger partial charge in [-0.25, -0.2) is 9.18 Å². The summed E-state index contributed by atoms with van der Waals surface area (Å²) in [5, 5.41) is 11.3. The number of hydrogen-bond donors (Lipinski definition) is 2. The summed E-state index contributed by atoms with van der Waals surface area (Å²) in [5.74, 6) is -2.09. The average Bonchev–Trinajstić information content (AvgIpc) is 2.26. The molecule has 0 spiro atoms. The van der Waals surface area contributed by atoms with Crippen molar-refractivity contribution >= 4 is 17.6 Å². The second-order valence-corrected chi connectivity index (χ2v) is 3.65. The zero-order valence-electron chi connectivity index (χ0n) is 9.50. The molecule has 92 valence electrons. The van der Waals surface area contributed by atoms with Crippen LogP contribution in [0.25, 0.3) is 0 Å². The molecule has 0 radical (unpaired) electrons. The van der Waals surface area contributed by atoms with Crippen LogP contribution in [0.5, 0.6) is 0 Å². The van der Waals surface area contributed by atoms with Gasteiger partial charge >= 0.3 is 5.97 Å². The smallest absolute Gasteiger partial charge is 0.337 e. The van der Waals surface area contributed by atoms with E-state index < -0.39 is 11.8 Å². The normalized spacial score (nSPS) is 10.0. The molecule has 5 heteroatoms. The molecule has 0 saturated carbocycles. The Morgan fingerprint density at radius 3 is 2.71 bits per heavy atom. The molecule has 0 unspecified atom stereocenters. The van der Waals surface area contributed by atoms with Gasteiger partial charge in [0.05, 0.1) is 11.3 Å². The number of nitrogens with one attached hydrogen (secondary N) is 1. The van der Waals surface area contributed by atoms with Crippen LogP contribution in [-0.4, -0.2) is 17.0 Å². The number of amides is 1. The second kappa shape index (κ2) is 5.98. The highest BCUT2D eigenvalue weighted by atomic mass is 19.1. The van der Waals surface area contributed by atoms with Crippen LogP contribution in [0.15, 0.2) is 18.2 Å². The summed E-state index contributed by atoms with van der Waals surface area (Å²) < 4.78 is 13.0. The first kappa shape index (κ1) is 13.2. The largest absolute Gasteiger partial charge is 0.478 e. The monoisotopic (exact) mass is 239 g/mol. The van der Waals surface area contributed by atoms with E-state index in [1.165, 1.54) is 0 Å². The van der Waals surface area contributed by atoms with Crippen molar-refractivity contribution in [3.63, 3.8) is 0 Å². The molecular weight excluding hydrogens is 225 g/mol. The Morgan fingerprint density at radius 2 is 2.12 bits per heavy atom. The van der Waals surface area contributed by atoms with Crippen molar-refractivity contribution in [3.05, 3.63) is 29.6 Å². The molecule has 1 rings (SSSR count). The number of rotatable bonds is 5. The Labute approximate surface area is 98.5 Å². The standard InChI is InChI=1S/C12H14FNO3/c1-2-3-4-11(15)14-10-7-8(13)5-6-9(10)12(16)17/h5-7H,2-4H2,1H3,(H,14,15)(H,16,17). The number of benzene rings is 1. The number of carboxylic acids is 1. The van der Waals surface area contributed by atoms with Gasteiger partial charge in [-0.05, 0) is 24.6 Å². The summed E-state index contributed by atoms with van der Waals surface area (Å²) in [5.41, 5.74) is -0.116. The summed E-state index contributed by atoms with van der Waals surface area (Å²) in [4.78, 5) is 22.3. The maximum Gasteiger partial charge on any atom is 0.337 e. The third-order valence-corrected chi connectivity index (χ3v) is 2.24. The minimum absolute atomic E-state index is 0.00129. The molecular formula is C12H14FNO3. The fraction of sp³-hybridized carbons (Fsp3) is 0.333. The van der Waals surface area contributed by atoms with Crippen LogP contribution in [0, 0.1) is 5.82 Å². The van der Waals surface area contributed by atoms with Gasteiger partial charge in [0.15, 0.2) is 0 Å². The number of hydrogen-bond acceptors (Lipinski definition) is 2. The highest BCUT2D eigenvalue weighted by Gasteiger charge is 2.13. The maximum absolute atomic E-state index is 13.0. The molecule has 0 saturated heterocycles. The number of unbranched alkanes of at least 4 members (excludes halogenated alkanes) is 1. The van der Waals surface area contributed by atoms with Crippen LogP contribution in [0.3, 0.4) is 0 Å². The first-order chi connectivity index (χ1) is 8.04. The molecule has 0 atom stereocenters. The summed E-state index contributed by atoms with van der Waals surface area (Å²) >= 11 is 0. The van der Waals surface area contributed by atoms with E-state index in [0.29, 0.717) is 12.8 Å². The highest BCUT2D eigenvalue weighted by Crippen LogP contribution is 2.17. The van der Waals surface area contributed by atoms with E-state index >= 15 is 0 Å². The van der Waals surface area contributed by atoms with Gasteiger partial charge in [-0.1, -0.05) is 13.3 Å². The van der Waals surface area contributed by atoms with Crippen LogP contribution >= 0.6 is 0 Å². The molecule has 0 aromatic heterocycles. The van der Waals surface area contributed by atoms with E-state index in [4.69, 9.17) is 5.11 Å². The van der Waals surface area contributed by atoms with Crippen LogP contribution in [0.1, 0.15) is 36.5 Å². The van der Waals surface area contributed by atoms with E-state index in [0.717, 1.165) is 24.6 Å². The Morgan fingerprint density at radius 1 is 1.41 bits per heavy atom. The average molecular weight is 239 g/mol. The molecule has 1 aromatic carbocycles. The molecule has 0 aliphatic carbocycles. The summed E-state index contributed by atoms with van der Waals surface area (Å²) in [6.07, 6.45) is 1.87. The predicted molar refractivity (Wildman–Crippen MR) is 61.5 cm³/mol. The molecule has 0 heterocycles. The summed E-state index contributed by atoms with van der Waals surface area (Å²) in [7, 11) is 0. The van der Waals surface area contributed by atoms with Gasteiger partial charge in [0, 0.05) is 6.42 Å². The van der Waals surface area contributed by atoms with Gasteiger partial charge in [-0.2, -0.15) is 0 Å². The lowest BCUT2D eigenvalue weighted by molar-refractivity contribution is -0.116. The molecule has 1 aromatic rings. The lowest BCUT2D eigenvalue weighted by Crippen LogP contribution is -2.14. The van der Waals surface area contributed by atoms with E-state index in [9.17, 15) is 14.0 Å². The SMILES string of the molecule is CCCCC(=O)Nc1cc(F)ccc1C(=O)O. The first-order valence-electron chi connectivity index (χ1n) is 5.37. The molecule has 0 fully saturated rings. The van der Waals surface area contributed by atoms with Crippen molar-refractivity contribution < 1.29 is 19.1 Å². The predicted octanol–water partition coefficient (Wildman–Crippen LogP) is 2.65. The number of halogens is 1. The fourth-order valence-corrected chi connectivity index (χ4v) is 1.36. The van der Waals surface area contributed by atoms with Crippen molar-refractivity contribution in [2.24, 2.45) is 0 Å². The van der Waals surface area contributed by atoms with Gasteiger partial charge in [-0.3, -0.25) is 4.79 Å². The van der Waals surface area contributed by atoms with Crippen molar-refractivity contribution in [3.8, 4) is 0 Å². The molecule has 0 aliphatic rings. The van der Waals surface area contributed by atoms with Crippen molar-refractivity contribution in [2.45, 2.75) is 26.2 Å². The first-order valence-corrected chi connectivity index (χ1v) is 5.37. The Balaban J connectivity index is 2.85. The van der Waals surface area contributed by atoms with Crippen molar-refractivity contribution in [1.82, 2.24) is 0 Å². The van der Waals surface area contributed by atoms with E-state index in [-0.39, 0.29) is 17.2 Å². The Hall–Kier alpha value is -1.91. The second-order valence-electron chi connectivity index (χ2n) is 3.65. The van der Waals surface area contributed by atoms with Gasteiger partial charge in [0.2, 0.25) is 5.91 Å². The molecule has 0 bridgehead atoms. The Bertz CT molecular complexity index is 432. The minimum atomic E-state index is -1.20. The van der Waals surface area contributed by atoms with E-state index in [1.54, 1.807) is 0 Å². The number of aromatic carboxylic acids is 1.